The maximum absolute atomic E-state index is 13.3. The van der Waals surface area contributed by atoms with Gasteiger partial charge in [0.25, 0.3) is 0 Å². The van der Waals surface area contributed by atoms with Crippen LogP contribution in [0.4, 0.5) is 17.5 Å². The Labute approximate surface area is 208 Å². The Bertz CT molecular complexity index is 1490. The summed E-state index contributed by atoms with van der Waals surface area (Å²) in [4.78, 5) is 25.4. The zero-order valence-corrected chi connectivity index (χ0v) is 21.9. The molecule has 0 fully saturated rings. The molecule has 3 heterocycles. The maximum atomic E-state index is 13.3. The molecule has 1 atom stereocenters. The van der Waals surface area contributed by atoms with Gasteiger partial charge in [0.1, 0.15) is 29.3 Å². The van der Waals surface area contributed by atoms with Gasteiger partial charge < -0.3 is 20.2 Å². The van der Waals surface area contributed by atoms with Crippen LogP contribution in [0.2, 0.25) is 0 Å². The van der Waals surface area contributed by atoms with Gasteiger partial charge in [-0.25, -0.2) is 0 Å². The highest BCUT2D eigenvalue weighted by Crippen LogP contribution is 2.41. The smallest absolute Gasteiger partial charge is 0.231 e. The van der Waals surface area contributed by atoms with Gasteiger partial charge in [0, 0.05) is 25.6 Å². The summed E-state index contributed by atoms with van der Waals surface area (Å²) in [5, 5.41) is 8.33. The number of hydrogen-bond acceptors (Lipinski definition) is 8. The molecule has 0 saturated carbocycles. The van der Waals surface area contributed by atoms with Crippen LogP contribution in [0.5, 0.6) is 0 Å². The Balaban J connectivity index is 1.82. The van der Waals surface area contributed by atoms with Gasteiger partial charge in [-0.15, -0.1) is 0 Å². The monoisotopic (exact) mass is 510 g/mol. The van der Waals surface area contributed by atoms with Crippen LogP contribution in [0.15, 0.2) is 53.6 Å². The molecular formula is C24H28ClN8OP. The van der Waals surface area contributed by atoms with E-state index >= 15 is 0 Å². The molecule has 4 rings (SSSR count). The lowest BCUT2D eigenvalue weighted by Gasteiger charge is -2.17. The van der Waals surface area contributed by atoms with Gasteiger partial charge in [0.05, 0.1) is 27.6 Å². The van der Waals surface area contributed by atoms with Crippen molar-refractivity contribution in [2.24, 2.45) is 10.9 Å². The number of halogens is 1. The maximum Gasteiger partial charge on any atom is 0.231 e. The number of H-pyrrole nitrogens is 1. The molecular weight excluding hydrogens is 483 g/mol. The summed E-state index contributed by atoms with van der Waals surface area (Å²) in [5.41, 5.74) is 3.21. The summed E-state index contributed by atoms with van der Waals surface area (Å²) in [6.07, 6.45) is 7.98. The number of nitrogens with zero attached hydrogens (tertiary/aromatic N) is 5. The highest BCUT2D eigenvalue weighted by molar-refractivity contribution is 7.71. The van der Waals surface area contributed by atoms with Gasteiger partial charge in [-0.05, 0) is 37.4 Å². The number of fused-ring (bicyclic) bond motifs is 2. The van der Waals surface area contributed by atoms with Crippen LogP contribution in [0.25, 0.3) is 22.1 Å². The lowest BCUT2D eigenvalue weighted by atomic mass is 10.1. The second kappa shape index (κ2) is 10.1. The molecule has 3 N–H and O–H groups in total. The van der Waals surface area contributed by atoms with Crippen LogP contribution in [0.1, 0.15) is 20.3 Å². The van der Waals surface area contributed by atoms with Gasteiger partial charge in [-0.2, -0.15) is 9.97 Å². The SMILES string of the molecule is CCC(C)/C=C(Nc1nc(Nc2ccc3nccnc3c2P(C)(C)=O)c2cc[nH]c2n1)\C(Cl)=N/C. The topological polar surface area (TPSA) is 121 Å². The van der Waals surface area contributed by atoms with Crippen molar-refractivity contribution < 1.29 is 4.57 Å². The highest BCUT2D eigenvalue weighted by atomic mass is 35.5. The van der Waals surface area contributed by atoms with Crippen LogP contribution in [0.3, 0.4) is 0 Å². The molecule has 1 unspecified atom stereocenters. The van der Waals surface area contributed by atoms with Gasteiger partial charge >= 0.3 is 0 Å². The lowest BCUT2D eigenvalue weighted by Crippen LogP contribution is -2.15. The molecule has 0 saturated heterocycles. The number of aromatic nitrogens is 5. The molecule has 0 radical (unpaired) electrons. The Morgan fingerprint density at radius 3 is 2.71 bits per heavy atom. The largest absolute Gasteiger partial charge is 0.346 e. The number of hydrogen-bond donors (Lipinski definition) is 3. The van der Waals surface area contributed by atoms with Crippen molar-refractivity contribution in [3.63, 3.8) is 0 Å². The van der Waals surface area contributed by atoms with Crippen LogP contribution in [0, 0.1) is 5.92 Å². The molecule has 0 spiro atoms. The summed E-state index contributed by atoms with van der Waals surface area (Å²) < 4.78 is 13.3. The quantitative estimate of drug-likeness (QED) is 0.211. The van der Waals surface area contributed by atoms with Crippen LogP contribution < -0.4 is 15.9 Å². The second-order valence-corrected chi connectivity index (χ2v) is 12.1. The molecule has 4 aromatic rings. The summed E-state index contributed by atoms with van der Waals surface area (Å²) in [5.74, 6) is 1.17. The van der Waals surface area contributed by atoms with Crippen molar-refractivity contribution in [1.82, 2.24) is 24.9 Å². The van der Waals surface area contributed by atoms with Crippen LogP contribution >= 0.6 is 18.7 Å². The fourth-order valence-electron chi connectivity index (χ4n) is 3.69. The third-order valence-electron chi connectivity index (χ3n) is 5.58. The molecule has 9 nitrogen and oxygen atoms in total. The van der Waals surface area contributed by atoms with Crippen LogP contribution in [-0.4, -0.2) is 50.5 Å². The molecule has 0 amide bonds. The Morgan fingerprint density at radius 1 is 1.23 bits per heavy atom. The molecule has 35 heavy (non-hydrogen) atoms. The van der Waals surface area contributed by atoms with Crippen molar-refractivity contribution in [2.45, 2.75) is 20.3 Å². The van der Waals surface area contributed by atoms with Gasteiger partial charge in [-0.1, -0.05) is 37.9 Å². The molecule has 182 valence electrons. The fraction of sp³-hybridized carbons (Fsp3) is 0.292. The zero-order chi connectivity index (χ0) is 25.2. The normalized spacial score (nSPS) is 13.9. The summed E-state index contributed by atoms with van der Waals surface area (Å²) in [6.45, 7) is 7.64. The van der Waals surface area contributed by atoms with Gasteiger partial charge in [0.15, 0.2) is 0 Å². The number of rotatable bonds is 8. The number of nitrogens with one attached hydrogen (secondary N) is 3. The third-order valence-corrected chi connectivity index (χ3v) is 7.48. The van der Waals surface area contributed by atoms with E-state index in [0.717, 1.165) is 11.8 Å². The van der Waals surface area contributed by atoms with E-state index in [4.69, 9.17) is 16.6 Å². The van der Waals surface area contributed by atoms with Crippen molar-refractivity contribution in [1.29, 1.82) is 0 Å². The first-order valence-electron chi connectivity index (χ1n) is 11.2. The van der Waals surface area contributed by atoms with E-state index in [9.17, 15) is 4.57 Å². The Kier molecular flexibility index (Phi) is 7.19. The predicted molar refractivity (Wildman–Crippen MR) is 146 cm³/mol. The minimum Gasteiger partial charge on any atom is -0.346 e. The third kappa shape index (κ3) is 5.36. The van der Waals surface area contributed by atoms with E-state index in [1.807, 2.05) is 24.3 Å². The first-order chi connectivity index (χ1) is 16.7. The lowest BCUT2D eigenvalue weighted by molar-refractivity contribution is 0.588. The molecule has 0 aliphatic rings. The number of anilines is 3. The Morgan fingerprint density at radius 2 is 2.00 bits per heavy atom. The molecule has 0 bridgehead atoms. The molecule has 0 aliphatic heterocycles. The van der Waals surface area contributed by atoms with Crippen molar-refractivity contribution in [3.8, 4) is 0 Å². The minimum absolute atomic E-state index is 0.282. The predicted octanol–water partition coefficient (Wildman–Crippen LogP) is 5.50. The minimum atomic E-state index is -2.73. The summed E-state index contributed by atoms with van der Waals surface area (Å²) in [7, 11) is -1.10. The van der Waals surface area contributed by atoms with Crippen molar-refractivity contribution in [2.75, 3.05) is 31.0 Å². The van der Waals surface area contributed by atoms with E-state index in [-0.39, 0.29) is 5.92 Å². The molecule has 1 aromatic carbocycles. The van der Waals surface area contributed by atoms with E-state index in [1.165, 1.54) is 0 Å². The number of aliphatic imine (C=N–C) groups is 1. The molecule has 11 heteroatoms. The number of aromatic amines is 1. The van der Waals surface area contributed by atoms with Crippen molar-refractivity contribution in [3.05, 3.63) is 48.6 Å². The first-order valence-corrected chi connectivity index (χ1v) is 14.2. The van der Waals surface area contributed by atoms with Crippen molar-refractivity contribution >= 4 is 68.7 Å². The average Bonchev–Trinajstić information content (AvgIpc) is 3.31. The first kappa shape index (κ1) is 24.8. The summed E-state index contributed by atoms with van der Waals surface area (Å²) in [6, 6.07) is 5.59. The number of allylic oxidation sites excluding steroid dienone is 2. The second-order valence-electron chi connectivity index (χ2n) is 8.60. The van der Waals surface area contributed by atoms with Gasteiger partial charge in [-0.3, -0.25) is 15.0 Å². The van der Waals surface area contributed by atoms with E-state index < -0.39 is 7.14 Å². The van der Waals surface area contributed by atoms with E-state index in [0.29, 0.717) is 50.3 Å². The molecule has 3 aromatic heterocycles. The van der Waals surface area contributed by atoms with E-state index in [1.54, 1.807) is 39.0 Å². The summed E-state index contributed by atoms with van der Waals surface area (Å²) >= 11 is 6.37. The van der Waals surface area contributed by atoms with Gasteiger partial charge in [0.2, 0.25) is 5.95 Å². The Hall–Kier alpha value is -3.29. The standard InChI is InChI=1S/C24H28ClN8OP/c1-6-14(2)13-18(21(25)26-3)31-24-32-22-15(9-10-29-22)23(33-24)30-17-8-7-16-19(28-12-11-27-16)20(17)35(4,5)34/h7-14H,6H2,1-5H3,(H3,29,30,31,32,33)/b18-13+,26-21+. The average molecular weight is 511 g/mol. The van der Waals surface area contributed by atoms with E-state index in [2.05, 4.69) is 49.4 Å². The number of benzene rings is 1. The molecule has 0 aliphatic carbocycles. The highest BCUT2D eigenvalue weighted by Gasteiger charge is 2.22. The van der Waals surface area contributed by atoms with Crippen LogP contribution in [-0.2, 0) is 4.57 Å². The fourth-order valence-corrected chi connectivity index (χ4v) is 5.20. The zero-order valence-electron chi connectivity index (χ0n) is 20.3.